The molecule has 1 amide bonds. The Hall–Kier alpha value is -2.11. The van der Waals surface area contributed by atoms with E-state index in [9.17, 15) is 4.79 Å². The summed E-state index contributed by atoms with van der Waals surface area (Å²) in [6.45, 7) is 4.65. The minimum Gasteiger partial charge on any atom is -0.355 e. The molecule has 0 atom stereocenters. The largest absolute Gasteiger partial charge is 0.355 e. The lowest BCUT2D eigenvalue weighted by atomic mass is 10.3. The highest BCUT2D eigenvalue weighted by Crippen LogP contribution is 2.09. The molecule has 0 aromatic carbocycles. The Morgan fingerprint density at radius 3 is 3.00 bits per heavy atom. The van der Waals surface area contributed by atoms with Gasteiger partial charge in [-0.25, -0.2) is 4.52 Å². The second-order valence-electron chi connectivity index (χ2n) is 3.80. The van der Waals surface area contributed by atoms with Gasteiger partial charge in [-0.05, 0) is 18.6 Å². The minimum atomic E-state index is -0.0365. The fourth-order valence-corrected chi connectivity index (χ4v) is 1.53. The molecule has 90 valence electrons. The average molecular weight is 233 g/mol. The molecular weight excluding hydrogens is 218 g/mol. The molecule has 2 rings (SSSR count). The highest BCUT2D eigenvalue weighted by Gasteiger charge is 2.04. The maximum absolute atomic E-state index is 10.7. The number of carbonyl (C=O) groups is 1. The van der Waals surface area contributed by atoms with Crippen LogP contribution in [-0.4, -0.2) is 33.6 Å². The molecular formula is C11H15N5O. The maximum Gasteiger partial charge on any atom is 0.243 e. The molecule has 0 aliphatic carbocycles. The van der Waals surface area contributed by atoms with Gasteiger partial charge in [0.15, 0.2) is 5.65 Å². The summed E-state index contributed by atoms with van der Waals surface area (Å²) in [6, 6.07) is 3.92. The zero-order chi connectivity index (χ0) is 12.3. The number of nitrogens with zero attached hydrogens (tertiary/aromatic N) is 3. The normalized spacial score (nSPS) is 10.5. The lowest BCUT2D eigenvalue weighted by Crippen LogP contribution is -2.26. The Bertz CT molecular complexity index is 534. The minimum absolute atomic E-state index is 0.0365. The smallest absolute Gasteiger partial charge is 0.243 e. The third kappa shape index (κ3) is 2.72. The van der Waals surface area contributed by atoms with Crippen LogP contribution < -0.4 is 10.6 Å². The van der Waals surface area contributed by atoms with Gasteiger partial charge < -0.3 is 10.6 Å². The van der Waals surface area contributed by atoms with Gasteiger partial charge in [0.2, 0.25) is 11.9 Å². The molecule has 0 radical (unpaired) electrons. The summed E-state index contributed by atoms with van der Waals surface area (Å²) in [7, 11) is 0. The van der Waals surface area contributed by atoms with Crippen molar-refractivity contribution in [1.82, 2.24) is 19.9 Å². The predicted octanol–water partition coefficient (Wildman–Crippen LogP) is 0.586. The van der Waals surface area contributed by atoms with E-state index in [4.69, 9.17) is 0 Å². The van der Waals surface area contributed by atoms with Gasteiger partial charge in [-0.1, -0.05) is 6.07 Å². The van der Waals surface area contributed by atoms with E-state index in [1.54, 1.807) is 4.52 Å². The summed E-state index contributed by atoms with van der Waals surface area (Å²) in [5.41, 5.74) is 1.92. The Morgan fingerprint density at radius 1 is 1.47 bits per heavy atom. The molecule has 2 aromatic rings. The van der Waals surface area contributed by atoms with Crippen molar-refractivity contribution in [3.63, 3.8) is 0 Å². The topological polar surface area (TPSA) is 71.3 Å². The third-order valence-corrected chi connectivity index (χ3v) is 2.34. The van der Waals surface area contributed by atoms with Crippen molar-refractivity contribution in [3.8, 4) is 0 Å². The molecule has 2 N–H and O–H groups in total. The molecule has 0 unspecified atom stereocenters. The summed E-state index contributed by atoms with van der Waals surface area (Å²) in [5.74, 6) is 0.537. The standard InChI is InChI=1S/C11H15N5O/c1-8-4-3-7-16-10(8)14-11(15-16)13-6-5-12-9(2)17/h3-4,7H,5-6H2,1-2H3,(H,12,17)(H,13,15). The number of fused-ring (bicyclic) bond motifs is 1. The van der Waals surface area contributed by atoms with E-state index in [1.807, 2.05) is 25.3 Å². The highest BCUT2D eigenvalue weighted by molar-refractivity contribution is 5.72. The van der Waals surface area contributed by atoms with Gasteiger partial charge in [0.1, 0.15) is 0 Å². The van der Waals surface area contributed by atoms with E-state index in [2.05, 4.69) is 20.7 Å². The van der Waals surface area contributed by atoms with Gasteiger partial charge in [0, 0.05) is 26.2 Å². The molecule has 0 fully saturated rings. The summed E-state index contributed by atoms with van der Waals surface area (Å²) >= 11 is 0. The molecule has 17 heavy (non-hydrogen) atoms. The van der Waals surface area contributed by atoms with Crippen LogP contribution in [0.3, 0.4) is 0 Å². The van der Waals surface area contributed by atoms with Crippen molar-refractivity contribution < 1.29 is 4.79 Å². The lowest BCUT2D eigenvalue weighted by molar-refractivity contribution is -0.118. The van der Waals surface area contributed by atoms with Crippen LogP contribution in [-0.2, 0) is 4.79 Å². The molecule has 6 nitrogen and oxygen atoms in total. The van der Waals surface area contributed by atoms with Gasteiger partial charge in [0.05, 0.1) is 0 Å². The molecule has 2 heterocycles. The van der Waals surface area contributed by atoms with E-state index in [-0.39, 0.29) is 5.91 Å². The van der Waals surface area contributed by atoms with Crippen LogP contribution in [0.4, 0.5) is 5.95 Å². The van der Waals surface area contributed by atoms with Crippen LogP contribution >= 0.6 is 0 Å². The first-order valence-corrected chi connectivity index (χ1v) is 5.47. The molecule has 6 heteroatoms. The number of aryl methyl sites for hydroxylation is 1. The quantitative estimate of drug-likeness (QED) is 0.758. The number of anilines is 1. The number of hydrogen-bond donors (Lipinski definition) is 2. The van der Waals surface area contributed by atoms with Crippen molar-refractivity contribution in [2.45, 2.75) is 13.8 Å². The molecule has 0 aliphatic heterocycles. The molecule has 0 aliphatic rings. The monoisotopic (exact) mass is 233 g/mol. The van der Waals surface area contributed by atoms with E-state index in [0.717, 1.165) is 11.2 Å². The van der Waals surface area contributed by atoms with Crippen LogP contribution in [0.2, 0.25) is 0 Å². The zero-order valence-corrected chi connectivity index (χ0v) is 9.90. The second-order valence-corrected chi connectivity index (χ2v) is 3.80. The first-order chi connectivity index (χ1) is 8.16. The highest BCUT2D eigenvalue weighted by atomic mass is 16.1. The third-order valence-electron chi connectivity index (χ3n) is 2.34. The van der Waals surface area contributed by atoms with Gasteiger partial charge >= 0.3 is 0 Å². The van der Waals surface area contributed by atoms with E-state index in [1.165, 1.54) is 6.92 Å². The molecule has 0 saturated carbocycles. The van der Waals surface area contributed by atoms with E-state index >= 15 is 0 Å². The number of nitrogens with one attached hydrogen (secondary N) is 2. The molecule has 0 bridgehead atoms. The fraction of sp³-hybridized carbons (Fsp3) is 0.364. The molecule has 0 saturated heterocycles. The van der Waals surface area contributed by atoms with Crippen LogP contribution in [0, 0.1) is 6.92 Å². The Balaban J connectivity index is 2.00. The van der Waals surface area contributed by atoms with Crippen LogP contribution in [0.15, 0.2) is 18.3 Å². The van der Waals surface area contributed by atoms with Crippen molar-refractivity contribution in [2.75, 3.05) is 18.4 Å². The van der Waals surface area contributed by atoms with Crippen molar-refractivity contribution in [1.29, 1.82) is 0 Å². The van der Waals surface area contributed by atoms with Gasteiger partial charge in [-0.3, -0.25) is 4.79 Å². The zero-order valence-electron chi connectivity index (χ0n) is 9.90. The van der Waals surface area contributed by atoms with Crippen LogP contribution in [0.25, 0.3) is 5.65 Å². The number of carbonyl (C=O) groups excluding carboxylic acids is 1. The lowest BCUT2D eigenvalue weighted by Gasteiger charge is -2.01. The first kappa shape index (κ1) is 11.4. The number of amides is 1. The summed E-state index contributed by atoms with van der Waals surface area (Å²) < 4.78 is 1.73. The Kier molecular flexibility index (Phi) is 3.22. The first-order valence-electron chi connectivity index (χ1n) is 5.47. The molecule has 2 aromatic heterocycles. The Morgan fingerprint density at radius 2 is 2.29 bits per heavy atom. The number of rotatable bonds is 4. The van der Waals surface area contributed by atoms with E-state index in [0.29, 0.717) is 19.0 Å². The summed E-state index contributed by atoms with van der Waals surface area (Å²) in [6.07, 6.45) is 1.86. The predicted molar refractivity (Wildman–Crippen MR) is 64.9 cm³/mol. The van der Waals surface area contributed by atoms with E-state index < -0.39 is 0 Å². The number of aromatic nitrogens is 3. The summed E-state index contributed by atoms with van der Waals surface area (Å²) in [5, 5.41) is 10.0. The fourth-order valence-electron chi connectivity index (χ4n) is 1.53. The summed E-state index contributed by atoms with van der Waals surface area (Å²) in [4.78, 5) is 15.0. The van der Waals surface area contributed by atoms with Gasteiger partial charge in [0.25, 0.3) is 0 Å². The van der Waals surface area contributed by atoms with Crippen molar-refractivity contribution in [2.24, 2.45) is 0 Å². The van der Waals surface area contributed by atoms with Crippen molar-refractivity contribution in [3.05, 3.63) is 23.9 Å². The maximum atomic E-state index is 10.7. The van der Waals surface area contributed by atoms with Gasteiger partial charge in [-0.15, -0.1) is 5.10 Å². The van der Waals surface area contributed by atoms with Crippen molar-refractivity contribution >= 4 is 17.5 Å². The van der Waals surface area contributed by atoms with Crippen LogP contribution in [0.1, 0.15) is 12.5 Å². The molecule has 0 spiro atoms. The number of pyridine rings is 1. The number of hydrogen-bond acceptors (Lipinski definition) is 4. The van der Waals surface area contributed by atoms with Crippen LogP contribution in [0.5, 0.6) is 0 Å². The van der Waals surface area contributed by atoms with Gasteiger partial charge in [-0.2, -0.15) is 4.98 Å². The average Bonchev–Trinajstić information content (AvgIpc) is 2.69. The Labute approximate surface area is 99.0 Å². The second kappa shape index (κ2) is 4.82. The SMILES string of the molecule is CC(=O)NCCNc1nc2c(C)cccn2n1.